The zero-order valence-electron chi connectivity index (χ0n) is 14.3. The molecule has 0 saturated heterocycles. The van der Waals surface area contributed by atoms with E-state index in [9.17, 15) is 9.59 Å². The second-order valence-corrected chi connectivity index (χ2v) is 6.25. The number of hydrogen-bond acceptors (Lipinski definition) is 4. The topological polar surface area (TPSA) is 84.9 Å². The summed E-state index contributed by atoms with van der Waals surface area (Å²) in [6, 6.07) is 10.7. The van der Waals surface area contributed by atoms with Gasteiger partial charge in [-0.05, 0) is 42.8 Å². The first kappa shape index (κ1) is 19.5. The molecule has 0 unspecified atom stereocenters. The maximum atomic E-state index is 12.0. The molecule has 0 bridgehead atoms. The minimum absolute atomic E-state index is 0.193. The predicted molar refractivity (Wildman–Crippen MR) is 103 cm³/mol. The summed E-state index contributed by atoms with van der Waals surface area (Å²) in [5.41, 5.74) is 2.40. The number of carboxylic acids is 1. The fourth-order valence-corrected chi connectivity index (χ4v) is 2.54. The molecule has 0 fully saturated rings. The van der Waals surface area contributed by atoms with E-state index in [4.69, 9.17) is 14.6 Å². The molecular weight excluding hydrogens is 402 g/mol. The number of nitrogens with one attached hydrogen (secondary N) is 1. The third-order valence-corrected chi connectivity index (χ3v) is 4.07. The van der Waals surface area contributed by atoms with Crippen molar-refractivity contribution in [2.24, 2.45) is 0 Å². The summed E-state index contributed by atoms with van der Waals surface area (Å²) in [6.45, 7) is 1.77. The number of rotatable bonds is 7. The van der Waals surface area contributed by atoms with Gasteiger partial charge in [0.1, 0.15) is 0 Å². The SMILES string of the molecule is COc1cc(C=CC(=O)O)c(Br)cc1OCC(=O)Nc1ccc(C)cc1. The van der Waals surface area contributed by atoms with Crippen molar-refractivity contribution in [3.63, 3.8) is 0 Å². The van der Waals surface area contributed by atoms with Crippen LogP contribution in [-0.2, 0) is 9.59 Å². The third-order valence-electron chi connectivity index (χ3n) is 3.38. The molecule has 0 spiro atoms. The van der Waals surface area contributed by atoms with E-state index in [1.54, 1.807) is 12.1 Å². The highest BCUT2D eigenvalue weighted by Gasteiger charge is 2.11. The van der Waals surface area contributed by atoms with Gasteiger partial charge in [0, 0.05) is 16.2 Å². The highest BCUT2D eigenvalue weighted by atomic mass is 79.9. The molecule has 0 aliphatic heterocycles. The van der Waals surface area contributed by atoms with Gasteiger partial charge >= 0.3 is 5.97 Å². The van der Waals surface area contributed by atoms with E-state index in [0.29, 0.717) is 27.2 Å². The average molecular weight is 420 g/mol. The summed E-state index contributed by atoms with van der Waals surface area (Å²) < 4.78 is 11.4. The molecule has 2 aromatic rings. The number of anilines is 1. The Kier molecular flexibility index (Phi) is 6.80. The van der Waals surface area contributed by atoms with Crippen LogP contribution in [0.2, 0.25) is 0 Å². The van der Waals surface area contributed by atoms with Gasteiger partial charge in [0.15, 0.2) is 18.1 Å². The first-order valence-corrected chi connectivity index (χ1v) is 8.46. The molecule has 0 radical (unpaired) electrons. The smallest absolute Gasteiger partial charge is 0.328 e. The summed E-state index contributed by atoms with van der Waals surface area (Å²) in [6.07, 6.45) is 2.46. The van der Waals surface area contributed by atoms with Gasteiger partial charge in [0.2, 0.25) is 0 Å². The maximum Gasteiger partial charge on any atom is 0.328 e. The predicted octanol–water partition coefficient (Wildman–Crippen LogP) is 3.88. The number of ether oxygens (including phenoxy) is 2. The molecule has 7 heteroatoms. The highest BCUT2D eigenvalue weighted by molar-refractivity contribution is 9.10. The van der Waals surface area contributed by atoms with Gasteiger partial charge in [0.25, 0.3) is 5.91 Å². The number of carboxylic acid groups (broad SMARTS) is 1. The maximum absolute atomic E-state index is 12.0. The van der Waals surface area contributed by atoms with E-state index in [2.05, 4.69) is 21.2 Å². The van der Waals surface area contributed by atoms with Crippen molar-refractivity contribution in [2.75, 3.05) is 19.0 Å². The number of aryl methyl sites for hydroxylation is 1. The minimum atomic E-state index is -1.05. The lowest BCUT2D eigenvalue weighted by atomic mass is 10.2. The van der Waals surface area contributed by atoms with Crippen molar-refractivity contribution >= 4 is 39.6 Å². The van der Waals surface area contributed by atoms with Crippen LogP contribution in [0, 0.1) is 6.92 Å². The van der Waals surface area contributed by atoms with Gasteiger partial charge in [-0.3, -0.25) is 4.79 Å². The second-order valence-electron chi connectivity index (χ2n) is 5.40. The molecule has 0 heterocycles. The van der Waals surface area contributed by atoms with E-state index < -0.39 is 5.97 Å². The molecule has 2 aromatic carbocycles. The zero-order valence-corrected chi connectivity index (χ0v) is 15.9. The summed E-state index contributed by atoms with van der Waals surface area (Å²) in [5.74, 6) is -0.599. The molecule has 0 atom stereocenters. The van der Waals surface area contributed by atoms with Gasteiger partial charge < -0.3 is 19.9 Å². The molecule has 0 aromatic heterocycles. The minimum Gasteiger partial charge on any atom is -0.493 e. The molecule has 136 valence electrons. The van der Waals surface area contributed by atoms with E-state index in [1.807, 2.05) is 31.2 Å². The van der Waals surface area contributed by atoms with E-state index in [1.165, 1.54) is 13.2 Å². The van der Waals surface area contributed by atoms with Crippen molar-refractivity contribution in [2.45, 2.75) is 6.92 Å². The zero-order chi connectivity index (χ0) is 19.1. The fourth-order valence-electron chi connectivity index (χ4n) is 2.09. The van der Waals surface area contributed by atoms with Crippen molar-refractivity contribution in [1.82, 2.24) is 0 Å². The monoisotopic (exact) mass is 419 g/mol. The summed E-state index contributed by atoms with van der Waals surface area (Å²) in [7, 11) is 1.47. The Morgan fingerprint density at radius 3 is 2.50 bits per heavy atom. The lowest BCUT2D eigenvalue weighted by molar-refractivity contribution is -0.131. The lowest BCUT2D eigenvalue weighted by Gasteiger charge is -2.13. The van der Waals surface area contributed by atoms with Gasteiger partial charge in [0.05, 0.1) is 7.11 Å². The number of carbonyl (C=O) groups is 2. The molecule has 26 heavy (non-hydrogen) atoms. The van der Waals surface area contributed by atoms with Gasteiger partial charge in [-0.2, -0.15) is 0 Å². The number of benzene rings is 2. The van der Waals surface area contributed by atoms with E-state index >= 15 is 0 Å². The standard InChI is InChI=1S/C19H18BrNO5/c1-12-3-6-14(7-4-12)21-18(22)11-26-17-10-15(20)13(5-8-19(23)24)9-16(17)25-2/h3-10H,11H2,1-2H3,(H,21,22)(H,23,24). The van der Waals surface area contributed by atoms with Crippen LogP contribution >= 0.6 is 15.9 Å². The average Bonchev–Trinajstić information content (AvgIpc) is 2.60. The molecule has 6 nitrogen and oxygen atoms in total. The molecule has 1 amide bonds. The number of carbonyl (C=O) groups excluding carboxylic acids is 1. The van der Waals surface area contributed by atoms with Crippen molar-refractivity contribution < 1.29 is 24.2 Å². The van der Waals surface area contributed by atoms with Crippen molar-refractivity contribution in [3.8, 4) is 11.5 Å². The first-order chi connectivity index (χ1) is 12.4. The Labute approximate surface area is 159 Å². The molecular formula is C19H18BrNO5. The van der Waals surface area contributed by atoms with Crippen molar-refractivity contribution in [1.29, 1.82) is 0 Å². The molecule has 2 N–H and O–H groups in total. The van der Waals surface area contributed by atoms with Crippen LogP contribution in [0.3, 0.4) is 0 Å². The van der Waals surface area contributed by atoms with Crippen LogP contribution in [0.4, 0.5) is 5.69 Å². The Morgan fingerprint density at radius 2 is 1.88 bits per heavy atom. The fraction of sp³-hybridized carbons (Fsp3) is 0.158. The quantitative estimate of drug-likeness (QED) is 0.665. The van der Waals surface area contributed by atoms with Crippen LogP contribution in [0.1, 0.15) is 11.1 Å². The van der Waals surface area contributed by atoms with Crippen LogP contribution in [-0.4, -0.2) is 30.7 Å². The number of aliphatic carboxylic acids is 1. The molecule has 2 rings (SSSR count). The Balaban J connectivity index is 2.06. The summed E-state index contributed by atoms with van der Waals surface area (Å²) in [5, 5.41) is 11.5. The number of halogens is 1. The summed E-state index contributed by atoms with van der Waals surface area (Å²) in [4.78, 5) is 22.7. The number of hydrogen-bond donors (Lipinski definition) is 2. The second kappa shape index (κ2) is 9.05. The van der Waals surface area contributed by atoms with Crippen LogP contribution in [0.15, 0.2) is 46.9 Å². The normalized spacial score (nSPS) is 10.6. The Hall–Kier alpha value is -2.80. The first-order valence-electron chi connectivity index (χ1n) is 7.67. The molecule has 0 aliphatic rings. The van der Waals surface area contributed by atoms with Crippen LogP contribution < -0.4 is 14.8 Å². The Bertz CT molecular complexity index is 831. The van der Waals surface area contributed by atoms with E-state index in [0.717, 1.165) is 11.6 Å². The molecule has 0 aliphatic carbocycles. The van der Waals surface area contributed by atoms with Crippen LogP contribution in [0.25, 0.3) is 6.08 Å². The third kappa shape index (κ3) is 5.63. The van der Waals surface area contributed by atoms with Crippen LogP contribution in [0.5, 0.6) is 11.5 Å². The van der Waals surface area contributed by atoms with Gasteiger partial charge in [-0.15, -0.1) is 0 Å². The Morgan fingerprint density at radius 1 is 1.19 bits per heavy atom. The van der Waals surface area contributed by atoms with E-state index in [-0.39, 0.29) is 12.5 Å². The highest BCUT2D eigenvalue weighted by Crippen LogP contribution is 2.34. The number of methoxy groups -OCH3 is 1. The summed E-state index contributed by atoms with van der Waals surface area (Å²) >= 11 is 3.35. The van der Waals surface area contributed by atoms with Crippen molar-refractivity contribution in [3.05, 3.63) is 58.1 Å². The van der Waals surface area contributed by atoms with Gasteiger partial charge in [-0.25, -0.2) is 4.79 Å². The largest absolute Gasteiger partial charge is 0.493 e. The molecule has 0 saturated carbocycles. The van der Waals surface area contributed by atoms with Gasteiger partial charge in [-0.1, -0.05) is 33.6 Å². The lowest BCUT2D eigenvalue weighted by Crippen LogP contribution is -2.20. The number of amides is 1.